The number of nitrogens with two attached hydrogens (primary N) is 1. The van der Waals surface area contributed by atoms with Crippen LogP contribution >= 0.6 is 11.8 Å². The van der Waals surface area contributed by atoms with Crippen molar-refractivity contribution in [1.29, 1.82) is 0 Å². The van der Waals surface area contributed by atoms with E-state index in [1.807, 2.05) is 0 Å². The molecule has 19 heavy (non-hydrogen) atoms. The molecule has 2 N–H and O–H groups in total. The minimum atomic E-state index is -4.25. The molecule has 0 aromatic heterocycles. The van der Waals surface area contributed by atoms with Crippen LogP contribution in [0.25, 0.3) is 0 Å². The summed E-state index contributed by atoms with van der Waals surface area (Å²) in [5.41, 5.74) is 2.37. The average molecular weight is 291 g/mol. The highest BCUT2D eigenvalue weighted by molar-refractivity contribution is 8.00. The topological polar surface area (TPSA) is 35.2 Å². The van der Waals surface area contributed by atoms with E-state index in [0.29, 0.717) is 13.2 Å². The van der Waals surface area contributed by atoms with Gasteiger partial charge in [0, 0.05) is 17.4 Å². The van der Waals surface area contributed by atoms with Crippen LogP contribution in [0.1, 0.15) is 24.5 Å². The van der Waals surface area contributed by atoms with Gasteiger partial charge in [0.1, 0.15) is 0 Å². The van der Waals surface area contributed by atoms with Crippen molar-refractivity contribution < 1.29 is 17.9 Å². The molecule has 106 valence electrons. The van der Waals surface area contributed by atoms with Crippen LogP contribution in [-0.2, 0) is 4.74 Å². The first-order chi connectivity index (χ1) is 8.99. The normalized spacial score (nSPS) is 24.4. The predicted molar refractivity (Wildman–Crippen MR) is 68.8 cm³/mol. The fourth-order valence-electron chi connectivity index (χ4n) is 2.31. The zero-order valence-electron chi connectivity index (χ0n) is 10.3. The molecular formula is C13H16F3NOS. The van der Waals surface area contributed by atoms with Gasteiger partial charge in [-0.15, -0.1) is 0 Å². The van der Waals surface area contributed by atoms with Crippen LogP contribution in [0, 0.1) is 5.92 Å². The van der Waals surface area contributed by atoms with Crippen LogP contribution in [-0.4, -0.2) is 18.7 Å². The van der Waals surface area contributed by atoms with Crippen molar-refractivity contribution in [2.45, 2.75) is 29.3 Å². The second-order valence-corrected chi connectivity index (χ2v) is 5.68. The highest BCUT2D eigenvalue weighted by Crippen LogP contribution is 2.38. The van der Waals surface area contributed by atoms with E-state index < -0.39 is 5.51 Å². The van der Waals surface area contributed by atoms with Gasteiger partial charge in [0.25, 0.3) is 0 Å². The van der Waals surface area contributed by atoms with Crippen LogP contribution in [0.2, 0.25) is 0 Å². The molecule has 0 spiro atoms. The number of hydrogen-bond donors (Lipinski definition) is 1. The van der Waals surface area contributed by atoms with Gasteiger partial charge in [-0.3, -0.25) is 0 Å². The third-order valence-corrected chi connectivity index (χ3v) is 3.93. The lowest BCUT2D eigenvalue weighted by Crippen LogP contribution is -2.28. The van der Waals surface area contributed by atoms with Gasteiger partial charge in [0.2, 0.25) is 0 Å². The van der Waals surface area contributed by atoms with Gasteiger partial charge < -0.3 is 10.5 Å². The first-order valence-electron chi connectivity index (χ1n) is 6.17. The Morgan fingerprint density at radius 1 is 1.26 bits per heavy atom. The molecule has 1 fully saturated rings. The summed E-state index contributed by atoms with van der Waals surface area (Å²) in [6.07, 6.45) is 1.89. The number of ether oxygens (including phenoxy) is 1. The lowest BCUT2D eigenvalue weighted by molar-refractivity contribution is -0.0328. The minimum Gasteiger partial charge on any atom is -0.373 e. The number of halogens is 3. The number of hydrogen-bond acceptors (Lipinski definition) is 3. The Kier molecular flexibility index (Phi) is 4.76. The summed E-state index contributed by atoms with van der Waals surface area (Å²) in [5, 5.41) is 0. The van der Waals surface area contributed by atoms with Crippen LogP contribution in [0.5, 0.6) is 0 Å². The van der Waals surface area contributed by atoms with Gasteiger partial charge in [0.05, 0.1) is 6.10 Å². The zero-order chi connectivity index (χ0) is 13.9. The van der Waals surface area contributed by atoms with Crippen LogP contribution in [0.15, 0.2) is 29.2 Å². The molecule has 2 rings (SSSR count). The molecule has 2 nitrogen and oxygen atoms in total. The SMILES string of the molecule is NCC1CCCOC1c1ccc(SC(F)(F)F)cc1. The molecule has 1 aliphatic heterocycles. The maximum Gasteiger partial charge on any atom is 0.446 e. The smallest absolute Gasteiger partial charge is 0.373 e. The number of benzene rings is 1. The van der Waals surface area contributed by atoms with Gasteiger partial charge in [-0.2, -0.15) is 13.2 Å². The molecule has 0 saturated carbocycles. The van der Waals surface area contributed by atoms with Crippen molar-refractivity contribution in [3.63, 3.8) is 0 Å². The molecule has 0 radical (unpaired) electrons. The van der Waals surface area contributed by atoms with Gasteiger partial charge in [0.15, 0.2) is 0 Å². The summed E-state index contributed by atoms with van der Waals surface area (Å²) in [4.78, 5) is 0.191. The molecule has 6 heteroatoms. The Hall–Kier alpha value is -0.720. The zero-order valence-corrected chi connectivity index (χ0v) is 11.1. The lowest BCUT2D eigenvalue weighted by Gasteiger charge is -2.31. The Morgan fingerprint density at radius 3 is 2.53 bits per heavy atom. The third kappa shape index (κ3) is 4.12. The maximum absolute atomic E-state index is 12.2. The van der Waals surface area contributed by atoms with Crippen LogP contribution in [0.4, 0.5) is 13.2 Å². The summed E-state index contributed by atoms with van der Waals surface area (Å²) >= 11 is -0.103. The van der Waals surface area contributed by atoms with Gasteiger partial charge in [-0.25, -0.2) is 0 Å². The molecule has 1 aromatic carbocycles. The summed E-state index contributed by atoms with van der Waals surface area (Å²) in [6.45, 7) is 1.21. The van der Waals surface area contributed by atoms with Crippen molar-refractivity contribution in [1.82, 2.24) is 0 Å². The van der Waals surface area contributed by atoms with E-state index in [2.05, 4.69) is 0 Å². The quantitative estimate of drug-likeness (QED) is 0.862. The second-order valence-electron chi connectivity index (χ2n) is 4.55. The molecule has 0 amide bonds. The molecule has 2 atom stereocenters. The van der Waals surface area contributed by atoms with Crippen LogP contribution in [0.3, 0.4) is 0 Å². The fraction of sp³-hybridized carbons (Fsp3) is 0.538. The molecule has 1 saturated heterocycles. The fourth-order valence-corrected chi connectivity index (χ4v) is 2.85. The van der Waals surface area contributed by atoms with Crippen molar-refractivity contribution >= 4 is 11.8 Å². The Balaban J connectivity index is 2.08. The average Bonchev–Trinajstić information content (AvgIpc) is 2.38. The number of alkyl halides is 3. The molecule has 0 bridgehead atoms. The van der Waals surface area contributed by atoms with E-state index in [1.165, 1.54) is 12.1 Å². The Morgan fingerprint density at radius 2 is 1.95 bits per heavy atom. The maximum atomic E-state index is 12.2. The van der Waals surface area contributed by atoms with Crippen LogP contribution < -0.4 is 5.73 Å². The number of thioether (sulfide) groups is 1. The van der Waals surface area contributed by atoms with Crippen molar-refractivity contribution in [3.8, 4) is 0 Å². The molecule has 2 unspecified atom stereocenters. The summed E-state index contributed by atoms with van der Waals surface area (Å²) in [6, 6.07) is 6.37. The van der Waals surface area contributed by atoms with E-state index in [-0.39, 0.29) is 28.7 Å². The lowest BCUT2D eigenvalue weighted by atomic mass is 9.90. The largest absolute Gasteiger partial charge is 0.446 e. The minimum absolute atomic E-state index is 0.0938. The van der Waals surface area contributed by atoms with E-state index in [1.54, 1.807) is 12.1 Å². The van der Waals surface area contributed by atoms with Gasteiger partial charge >= 0.3 is 5.51 Å². The highest BCUT2D eigenvalue weighted by Gasteiger charge is 2.30. The van der Waals surface area contributed by atoms with Crippen molar-refractivity contribution in [2.24, 2.45) is 11.7 Å². The van der Waals surface area contributed by atoms with E-state index >= 15 is 0 Å². The van der Waals surface area contributed by atoms with Crippen molar-refractivity contribution in [2.75, 3.05) is 13.2 Å². The Bertz CT molecular complexity index is 407. The van der Waals surface area contributed by atoms with E-state index in [0.717, 1.165) is 18.4 Å². The van der Waals surface area contributed by atoms with E-state index in [9.17, 15) is 13.2 Å². The standard InChI is InChI=1S/C13H16F3NOS/c14-13(15,16)19-11-5-3-9(4-6-11)12-10(8-17)2-1-7-18-12/h3-6,10,12H,1-2,7-8,17H2. The first kappa shape index (κ1) is 14.7. The number of rotatable bonds is 3. The van der Waals surface area contributed by atoms with Gasteiger partial charge in [-0.1, -0.05) is 12.1 Å². The predicted octanol–water partition coefficient (Wildman–Crippen LogP) is 3.72. The third-order valence-electron chi connectivity index (χ3n) is 3.19. The van der Waals surface area contributed by atoms with E-state index in [4.69, 9.17) is 10.5 Å². The molecular weight excluding hydrogens is 275 g/mol. The monoisotopic (exact) mass is 291 g/mol. The first-order valence-corrected chi connectivity index (χ1v) is 6.98. The summed E-state index contributed by atoms with van der Waals surface area (Å²) in [5.74, 6) is 0.245. The second kappa shape index (κ2) is 6.15. The highest BCUT2D eigenvalue weighted by atomic mass is 32.2. The Labute approximate surface area is 114 Å². The molecule has 0 aliphatic carbocycles. The summed E-state index contributed by atoms with van der Waals surface area (Å²) < 4.78 is 42.4. The molecule has 1 heterocycles. The van der Waals surface area contributed by atoms with Gasteiger partial charge in [-0.05, 0) is 48.8 Å². The molecule has 1 aromatic rings. The summed E-state index contributed by atoms with van der Waals surface area (Å²) in [7, 11) is 0. The van der Waals surface area contributed by atoms with Crippen molar-refractivity contribution in [3.05, 3.63) is 29.8 Å². The molecule has 1 aliphatic rings.